The Labute approximate surface area is 201 Å². The van der Waals surface area contributed by atoms with Crippen LogP contribution in [0.4, 0.5) is 44.3 Å². The Balaban J connectivity index is 1.64. The van der Waals surface area contributed by atoms with Gasteiger partial charge < -0.3 is 5.32 Å². The molecule has 3 amide bonds. The monoisotopic (exact) mass is 536 g/mol. The molecule has 0 atom stereocenters. The summed E-state index contributed by atoms with van der Waals surface area (Å²) in [5.41, 5.74) is -1.84. The van der Waals surface area contributed by atoms with Gasteiger partial charge >= 0.3 is 18.4 Å². The van der Waals surface area contributed by atoms with Crippen molar-refractivity contribution < 1.29 is 49.1 Å². The molecule has 0 unspecified atom stereocenters. The van der Waals surface area contributed by atoms with Crippen molar-refractivity contribution in [3.05, 3.63) is 88.5 Å². The Kier molecular flexibility index (Phi) is 7.64. The molecule has 6 nitrogen and oxygen atoms in total. The molecule has 1 aromatic heterocycles. The smallest absolute Gasteiger partial charge is 0.331 e. The average molecular weight is 536 g/mol. The number of alkyl halides is 6. The summed E-state index contributed by atoms with van der Waals surface area (Å²) in [6.07, 6.45) is -9.18. The summed E-state index contributed by atoms with van der Waals surface area (Å²) < 4.78 is 119. The maximum absolute atomic E-state index is 14.4. The van der Waals surface area contributed by atoms with Gasteiger partial charge in [-0.1, -0.05) is 12.1 Å². The molecule has 0 spiro atoms. The Morgan fingerprint density at radius 1 is 0.838 bits per heavy atom. The zero-order valence-electron chi connectivity index (χ0n) is 18.0. The molecule has 3 aromatic rings. The Morgan fingerprint density at radius 3 is 2.16 bits per heavy atom. The number of hydrazine groups is 1. The second kappa shape index (κ2) is 10.4. The zero-order valence-corrected chi connectivity index (χ0v) is 18.0. The average Bonchev–Trinajstić information content (AvgIpc) is 2.79. The van der Waals surface area contributed by atoms with Crippen molar-refractivity contribution in [2.24, 2.45) is 0 Å². The van der Waals surface area contributed by atoms with Crippen LogP contribution in [0.1, 0.15) is 27.2 Å². The van der Waals surface area contributed by atoms with Crippen molar-refractivity contribution >= 4 is 11.9 Å². The fourth-order valence-electron chi connectivity index (χ4n) is 3.07. The third kappa shape index (κ3) is 6.68. The van der Waals surface area contributed by atoms with Crippen LogP contribution in [0.3, 0.4) is 0 Å². The molecule has 0 bridgehead atoms. The summed E-state index contributed by atoms with van der Waals surface area (Å²) in [7, 11) is 0. The van der Waals surface area contributed by atoms with E-state index in [2.05, 4.69) is 4.98 Å². The molecule has 196 valence electrons. The Bertz CT molecular complexity index is 1340. The molecule has 0 saturated heterocycles. The molecule has 15 heteroatoms. The van der Waals surface area contributed by atoms with Crippen LogP contribution >= 0.6 is 0 Å². The van der Waals surface area contributed by atoms with Crippen LogP contribution in [-0.4, -0.2) is 16.9 Å². The van der Waals surface area contributed by atoms with Gasteiger partial charge in [0.2, 0.25) is 0 Å². The van der Waals surface area contributed by atoms with Gasteiger partial charge in [-0.25, -0.2) is 23.4 Å². The maximum Gasteiger partial charge on any atom is 0.419 e. The van der Waals surface area contributed by atoms with Gasteiger partial charge in [0, 0.05) is 17.3 Å². The molecule has 0 aliphatic heterocycles. The second-order valence-electron chi connectivity index (χ2n) is 7.30. The van der Waals surface area contributed by atoms with Crippen LogP contribution in [0.2, 0.25) is 0 Å². The van der Waals surface area contributed by atoms with Crippen molar-refractivity contribution in [3.63, 3.8) is 0 Å². The molecular weight excluding hydrogens is 523 g/mol. The van der Waals surface area contributed by atoms with E-state index in [4.69, 9.17) is 0 Å². The van der Waals surface area contributed by atoms with Crippen LogP contribution in [0.15, 0.2) is 48.7 Å². The minimum Gasteiger partial charge on any atom is -0.331 e. The number of hydrogen-bond donors (Lipinski definition) is 3. The van der Waals surface area contributed by atoms with Crippen LogP contribution in [0.25, 0.3) is 11.1 Å². The van der Waals surface area contributed by atoms with E-state index in [9.17, 15) is 49.1 Å². The van der Waals surface area contributed by atoms with Crippen LogP contribution in [0, 0.1) is 17.5 Å². The molecule has 3 N–H and O–H groups in total. The number of benzene rings is 2. The van der Waals surface area contributed by atoms with Crippen molar-refractivity contribution in [1.82, 2.24) is 21.2 Å². The lowest BCUT2D eigenvalue weighted by atomic mass is 10.00. The topological polar surface area (TPSA) is 83.1 Å². The van der Waals surface area contributed by atoms with Gasteiger partial charge in [0.15, 0.2) is 0 Å². The molecule has 0 saturated carbocycles. The number of aromatic nitrogens is 1. The lowest BCUT2D eigenvalue weighted by Gasteiger charge is -2.14. The van der Waals surface area contributed by atoms with Gasteiger partial charge in [0.1, 0.15) is 17.5 Å². The number of urea groups is 1. The summed E-state index contributed by atoms with van der Waals surface area (Å²) in [6.45, 7) is -0.638. The summed E-state index contributed by atoms with van der Waals surface area (Å²) in [5, 5.41) is 2.04. The lowest BCUT2D eigenvalue weighted by Crippen LogP contribution is -2.46. The first-order valence-corrected chi connectivity index (χ1v) is 9.89. The first kappa shape index (κ1) is 27.3. The molecule has 1 heterocycles. The van der Waals surface area contributed by atoms with Gasteiger partial charge in [-0.2, -0.15) is 26.3 Å². The number of nitrogens with zero attached hydrogens (tertiary/aromatic N) is 1. The molecule has 2 aromatic carbocycles. The molecule has 0 aliphatic rings. The number of carbonyl (C=O) groups is 2. The van der Waals surface area contributed by atoms with E-state index in [1.807, 2.05) is 5.32 Å². The number of halogens is 9. The van der Waals surface area contributed by atoms with Gasteiger partial charge in [-0.05, 0) is 35.9 Å². The molecule has 3 rings (SSSR count). The Hall–Kier alpha value is -4.30. The predicted molar refractivity (Wildman–Crippen MR) is 109 cm³/mol. The van der Waals surface area contributed by atoms with Crippen molar-refractivity contribution in [2.45, 2.75) is 18.9 Å². The van der Waals surface area contributed by atoms with Gasteiger partial charge in [0.05, 0.1) is 23.4 Å². The number of rotatable bonds is 4. The molecule has 37 heavy (non-hydrogen) atoms. The highest BCUT2D eigenvalue weighted by Crippen LogP contribution is 2.38. The van der Waals surface area contributed by atoms with Gasteiger partial charge in [0.25, 0.3) is 5.91 Å². The van der Waals surface area contributed by atoms with E-state index in [1.54, 1.807) is 10.9 Å². The normalized spacial score (nSPS) is 11.7. The largest absolute Gasteiger partial charge is 0.419 e. The third-order valence-electron chi connectivity index (χ3n) is 4.72. The summed E-state index contributed by atoms with van der Waals surface area (Å²) in [5.74, 6) is -5.37. The van der Waals surface area contributed by atoms with Crippen LogP contribution in [0.5, 0.6) is 0 Å². The van der Waals surface area contributed by atoms with E-state index in [0.29, 0.717) is 24.3 Å². The van der Waals surface area contributed by atoms with E-state index in [1.165, 1.54) is 0 Å². The van der Waals surface area contributed by atoms with Crippen molar-refractivity contribution in [3.8, 4) is 11.1 Å². The first-order chi connectivity index (χ1) is 17.2. The number of nitrogens with one attached hydrogen (secondary N) is 3. The number of amides is 3. The summed E-state index contributed by atoms with van der Waals surface area (Å²) >= 11 is 0. The van der Waals surface area contributed by atoms with E-state index in [-0.39, 0.29) is 6.07 Å². The fourth-order valence-corrected chi connectivity index (χ4v) is 3.07. The lowest BCUT2D eigenvalue weighted by molar-refractivity contribution is -0.139. The predicted octanol–water partition coefficient (Wildman–Crippen LogP) is 5.35. The second-order valence-corrected chi connectivity index (χ2v) is 7.30. The van der Waals surface area contributed by atoms with Crippen molar-refractivity contribution in [2.75, 3.05) is 0 Å². The minimum atomic E-state index is -5.07. The zero-order chi connectivity index (χ0) is 27.5. The molecular formula is C22H13F9N4O2. The summed E-state index contributed by atoms with van der Waals surface area (Å²) in [6, 6.07) is 2.99. The highest BCUT2D eigenvalue weighted by atomic mass is 19.4. The van der Waals surface area contributed by atoms with E-state index < -0.39 is 81.8 Å². The molecule has 0 fully saturated rings. The van der Waals surface area contributed by atoms with E-state index in [0.717, 1.165) is 18.3 Å². The fraction of sp³-hybridized carbons (Fsp3) is 0.136. The molecule has 0 radical (unpaired) electrons. The first-order valence-electron chi connectivity index (χ1n) is 9.89. The van der Waals surface area contributed by atoms with Crippen molar-refractivity contribution in [1.29, 1.82) is 0 Å². The highest BCUT2D eigenvalue weighted by molar-refractivity contribution is 5.95. The SMILES string of the molecule is O=C(NCc1ncc(-c2cccc(F)c2C(F)(F)F)cc1F)NNC(=O)c1cc(F)cc(C(F)(F)F)c1. The number of hydrogen-bond acceptors (Lipinski definition) is 3. The quantitative estimate of drug-likeness (QED) is 0.311. The highest BCUT2D eigenvalue weighted by Gasteiger charge is 2.37. The van der Waals surface area contributed by atoms with E-state index >= 15 is 0 Å². The minimum absolute atomic E-state index is 0.169. The van der Waals surface area contributed by atoms with Crippen LogP contribution in [-0.2, 0) is 18.9 Å². The van der Waals surface area contributed by atoms with Gasteiger partial charge in [-0.3, -0.25) is 15.2 Å². The Morgan fingerprint density at radius 2 is 1.54 bits per heavy atom. The van der Waals surface area contributed by atoms with Crippen LogP contribution < -0.4 is 16.2 Å². The summed E-state index contributed by atoms with van der Waals surface area (Å²) in [4.78, 5) is 27.4. The maximum atomic E-state index is 14.4. The number of pyridine rings is 1. The molecule has 0 aliphatic carbocycles. The standard InChI is InChI=1S/C22H13F9N4O2/c23-13-5-10(4-12(7-13)21(26,27)28)19(36)34-35-20(37)33-9-17-16(25)6-11(8-32-17)14-2-1-3-15(24)18(14)22(29,30)31/h1-8H,9H2,(H,34,36)(H2,33,35,37). The number of carbonyl (C=O) groups excluding carboxylic acids is 2. The third-order valence-corrected chi connectivity index (χ3v) is 4.72. The van der Waals surface area contributed by atoms with Gasteiger partial charge in [-0.15, -0.1) is 0 Å².